The zero-order chi connectivity index (χ0) is 16.3. The molecule has 0 heterocycles. The molecule has 2 N–H and O–H groups in total. The molecule has 1 rings (SSSR count). The van der Waals surface area contributed by atoms with Gasteiger partial charge in [-0.25, -0.2) is 26.3 Å². The molecule has 4 nitrogen and oxygen atoms in total. The molecule has 0 aromatic heterocycles. The summed E-state index contributed by atoms with van der Waals surface area (Å²) < 4.78 is 87.5. The van der Waals surface area contributed by atoms with E-state index in [0.29, 0.717) is 5.56 Å². The van der Waals surface area contributed by atoms with E-state index < -0.39 is 39.6 Å². The van der Waals surface area contributed by atoms with Crippen LogP contribution in [-0.4, -0.2) is 34.4 Å². The van der Waals surface area contributed by atoms with Crippen LogP contribution in [0.15, 0.2) is 23.1 Å². The van der Waals surface area contributed by atoms with Gasteiger partial charge in [-0.05, 0) is 24.7 Å². The summed E-state index contributed by atoms with van der Waals surface area (Å²) in [6.07, 6.45) is -4.02. The quantitative estimate of drug-likeness (QED) is 0.748. The largest absolute Gasteiger partial charge is 0.320 e. The molecule has 0 aliphatic heterocycles. The molecule has 0 spiro atoms. The van der Waals surface area contributed by atoms with Crippen molar-refractivity contribution in [2.45, 2.75) is 23.8 Å². The van der Waals surface area contributed by atoms with Gasteiger partial charge in [0, 0.05) is 6.54 Å². The second-order valence-electron chi connectivity index (χ2n) is 4.18. The van der Waals surface area contributed by atoms with Gasteiger partial charge < -0.3 is 5.32 Å². The molecule has 0 unspecified atom stereocenters. The minimum atomic E-state index is -4.65. The molecule has 1 aromatic rings. The van der Waals surface area contributed by atoms with E-state index in [1.54, 1.807) is 7.05 Å². The molecule has 0 bridgehead atoms. The summed E-state index contributed by atoms with van der Waals surface area (Å²) in [7, 11) is -3.05. The van der Waals surface area contributed by atoms with Crippen LogP contribution < -0.4 is 10.0 Å². The van der Waals surface area contributed by atoms with E-state index in [2.05, 4.69) is 5.32 Å². The molecule has 0 aliphatic rings. The van der Waals surface area contributed by atoms with Gasteiger partial charge >= 0.3 is 12.3 Å². The predicted octanol–water partition coefficient (Wildman–Crippen LogP) is 1.72. The molecule has 0 atom stereocenters. The van der Waals surface area contributed by atoms with E-state index in [-0.39, 0.29) is 6.54 Å². The Morgan fingerprint density at radius 2 is 1.90 bits per heavy atom. The van der Waals surface area contributed by atoms with Gasteiger partial charge in [-0.3, -0.25) is 0 Å². The van der Waals surface area contributed by atoms with E-state index in [4.69, 9.17) is 0 Å². The molecular formula is C11H13F5N2O2S. The highest BCUT2D eigenvalue weighted by molar-refractivity contribution is 7.89. The Kier molecular flexibility index (Phi) is 5.65. The first-order valence-electron chi connectivity index (χ1n) is 5.69. The van der Waals surface area contributed by atoms with Crippen LogP contribution in [0.1, 0.15) is 5.56 Å². The van der Waals surface area contributed by atoms with Crippen LogP contribution >= 0.6 is 0 Å². The Bertz CT molecular complexity index is 592. The third kappa shape index (κ3) is 4.61. The van der Waals surface area contributed by atoms with Crippen LogP contribution in [0.4, 0.5) is 22.0 Å². The number of halogens is 5. The fourth-order valence-electron chi connectivity index (χ4n) is 1.42. The van der Waals surface area contributed by atoms with Crippen molar-refractivity contribution in [1.29, 1.82) is 0 Å². The Hall–Kier alpha value is -1.26. The van der Waals surface area contributed by atoms with Crippen LogP contribution in [0.3, 0.4) is 0 Å². The summed E-state index contributed by atoms with van der Waals surface area (Å²) in [5, 5.41) is 2.71. The van der Waals surface area contributed by atoms with Gasteiger partial charge in [0.25, 0.3) is 0 Å². The van der Waals surface area contributed by atoms with Crippen LogP contribution in [0.25, 0.3) is 0 Å². The van der Waals surface area contributed by atoms with E-state index in [9.17, 15) is 30.4 Å². The van der Waals surface area contributed by atoms with Gasteiger partial charge in [0.2, 0.25) is 10.0 Å². The molecule has 0 radical (unpaired) electrons. The van der Waals surface area contributed by atoms with Crippen molar-refractivity contribution in [1.82, 2.24) is 10.0 Å². The van der Waals surface area contributed by atoms with Gasteiger partial charge in [-0.1, -0.05) is 6.07 Å². The number of benzene rings is 1. The lowest BCUT2D eigenvalue weighted by atomic mass is 10.2. The Labute approximate surface area is 118 Å². The SMILES string of the molecule is CNCc1ccc(S(=O)(=O)NCC(F)(F)C(F)F)c(F)c1. The maximum Gasteiger partial charge on any atom is 0.320 e. The first-order valence-corrected chi connectivity index (χ1v) is 7.17. The van der Waals surface area contributed by atoms with Crippen molar-refractivity contribution in [2.75, 3.05) is 13.6 Å². The standard InChI is InChI=1S/C11H13F5N2O2S/c1-17-5-7-2-3-9(8(12)4-7)21(19,20)18-6-11(15,16)10(13)14/h2-4,10,17-18H,5-6H2,1H3. The molecule has 0 aliphatic carbocycles. The smallest absolute Gasteiger partial charge is 0.316 e. The minimum absolute atomic E-state index is 0.272. The van der Waals surface area contributed by atoms with Gasteiger partial charge in [-0.15, -0.1) is 0 Å². The van der Waals surface area contributed by atoms with E-state index >= 15 is 0 Å². The molecule has 120 valence electrons. The number of rotatable bonds is 7. The molecule has 1 aromatic carbocycles. The number of hydrogen-bond donors (Lipinski definition) is 2. The normalized spacial score (nSPS) is 12.9. The number of hydrogen-bond acceptors (Lipinski definition) is 3. The van der Waals surface area contributed by atoms with Crippen LogP contribution in [0.2, 0.25) is 0 Å². The summed E-state index contributed by atoms with van der Waals surface area (Å²) in [6, 6.07) is 3.07. The maximum atomic E-state index is 13.7. The monoisotopic (exact) mass is 332 g/mol. The first kappa shape index (κ1) is 17.8. The van der Waals surface area contributed by atoms with Crippen LogP contribution in [-0.2, 0) is 16.6 Å². The van der Waals surface area contributed by atoms with Crippen molar-refractivity contribution in [2.24, 2.45) is 0 Å². The lowest BCUT2D eigenvalue weighted by Crippen LogP contribution is -2.41. The molecule has 21 heavy (non-hydrogen) atoms. The summed E-state index contributed by atoms with van der Waals surface area (Å²) in [6.45, 7) is -1.54. The van der Waals surface area contributed by atoms with Gasteiger partial charge in [0.1, 0.15) is 10.7 Å². The number of nitrogens with one attached hydrogen (secondary N) is 2. The highest BCUT2D eigenvalue weighted by atomic mass is 32.2. The molecule has 0 fully saturated rings. The Morgan fingerprint density at radius 1 is 1.29 bits per heavy atom. The minimum Gasteiger partial charge on any atom is -0.316 e. The van der Waals surface area contributed by atoms with Crippen molar-refractivity contribution in [3.8, 4) is 0 Å². The number of alkyl halides is 4. The lowest BCUT2D eigenvalue weighted by molar-refractivity contribution is -0.122. The Morgan fingerprint density at radius 3 is 2.38 bits per heavy atom. The average Bonchev–Trinajstić information content (AvgIpc) is 2.36. The fraction of sp³-hybridized carbons (Fsp3) is 0.455. The highest BCUT2D eigenvalue weighted by Gasteiger charge is 2.41. The lowest BCUT2D eigenvalue weighted by Gasteiger charge is -2.16. The molecule has 10 heteroatoms. The topological polar surface area (TPSA) is 58.2 Å². The number of sulfonamides is 1. The maximum absolute atomic E-state index is 13.7. The van der Waals surface area contributed by atoms with Crippen LogP contribution in [0.5, 0.6) is 0 Å². The third-order valence-electron chi connectivity index (χ3n) is 2.48. The summed E-state index contributed by atoms with van der Waals surface area (Å²) >= 11 is 0. The van der Waals surface area contributed by atoms with Crippen molar-refractivity contribution in [3.05, 3.63) is 29.6 Å². The van der Waals surface area contributed by atoms with Gasteiger partial charge in [-0.2, -0.15) is 8.78 Å². The summed E-state index contributed by atoms with van der Waals surface area (Å²) in [5.41, 5.74) is 0.437. The first-order chi connectivity index (χ1) is 9.60. The zero-order valence-corrected chi connectivity index (χ0v) is 11.7. The summed E-state index contributed by atoms with van der Waals surface area (Å²) in [5.74, 6) is -5.69. The van der Waals surface area contributed by atoms with Crippen molar-refractivity contribution < 1.29 is 30.4 Å². The highest BCUT2D eigenvalue weighted by Crippen LogP contribution is 2.23. The molecule has 0 saturated heterocycles. The predicted molar refractivity (Wildman–Crippen MR) is 65.3 cm³/mol. The Balaban J connectivity index is 2.93. The van der Waals surface area contributed by atoms with Crippen molar-refractivity contribution >= 4 is 10.0 Å². The average molecular weight is 332 g/mol. The molecular weight excluding hydrogens is 319 g/mol. The van der Waals surface area contributed by atoms with Gasteiger partial charge in [0.15, 0.2) is 0 Å². The zero-order valence-electron chi connectivity index (χ0n) is 10.8. The second-order valence-corrected chi connectivity index (χ2v) is 5.92. The van der Waals surface area contributed by atoms with Crippen LogP contribution in [0, 0.1) is 5.82 Å². The summed E-state index contributed by atoms with van der Waals surface area (Å²) in [4.78, 5) is -0.882. The van der Waals surface area contributed by atoms with E-state index in [1.165, 1.54) is 10.8 Å². The second kappa shape index (κ2) is 6.67. The fourth-order valence-corrected chi connectivity index (χ4v) is 2.52. The van der Waals surface area contributed by atoms with E-state index in [0.717, 1.165) is 12.1 Å². The van der Waals surface area contributed by atoms with E-state index in [1.807, 2.05) is 0 Å². The molecule has 0 saturated carbocycles. The third-order valence-corrected chi connectivity index (χ3v) is 3.92. The molecule has 0 amide bonds. The van der Waals surface area contributed by atoms with Crippen molar-refractivity contribution in [3.63, 3.8) is 0 Å². The van der Waals surface area contributed by atoms with Gasteiger partial charge in [0.05, 0.1) is 6.54 Å².